The summed E-state index contributed by atoms with van der Waals surface area (Å²) in [7, 11) is 0. The number of nitrogens with zero attached hydrogens (tertiary/aromatic N) is 2. The normalized spacial score (nSPS) is 11.2. The lowest BCUT2D eigenvalue weighted by molar-refractivity contribution is 0.376. The highest BCUT2D eigenvalue weighted by Gasteiger charge is 2.09. The molecule has 0 saturated heterocycles. The zero-order valence-electron chi connectivity index (χ0n) is 10.8. The van der Waals surface area contributed by atoms with Gasteiger partial charge >= 0.3 is 0 Å². The summed E-state index contributed by atoms with van der Waals surface area (Å²) >= 11 is 0. The van der Waals surface area contributed by atoms with Gasteiger partial charge in [0.1, 0.15) is 0 Å². The van der Waals surface area contributed by atoms with Gasteiger partial charge in [-0.3, -0.25) is 0 Å². The summed E-state index contributed by atoms with van der Waals surface area (Å²) in [6, 6.07) is 4.04. The van der Waals surface area contributed by atoms with Crippen molar-refractivity contribution in [3.05, 3.63) is 47.1 Å². The number of benzene rings is 1. The predicted molar refractivity (Wildman–Crippen MR) is 65.4 cm³/mol. The number of hydrogen-bond acceptors (Lipinski definition) is 4. The number of hydrogen-bond donors (Lipinski definition) is 1. The molecule has 0 aliphatic heterocycles. The lowest BCUT2D eigenvalue weighted by Gasteiger charge is -2.03. The van der Waals surface area contributed by atoms with Gasteiger partial charge in [0.05, 0.1) is 13.0 Å². The van der Waals surface area contributed by atoms with E-state index in [4.69, 9.17) is 4.52 Å². The molecule has 2 aromatic rings. The smallest absolute Gasteiger partial charge is 0.231 e. The largest absolute Gasteiger partial charge is 0.339 e. The molecule has 1 aromatic heterocycles. The molecule has 6 heteroatoms. The third kappa shape index (κ3) is 3.82. The average Bonchev–Trinajstić information content (AvgIpc) is 2.79. The summed E-state index contributed by atoms with van der Waals surface area (Å²) in [4.78, 5) is 4.17. The van der Waals surface area contributed by atoms with Crippen molar-refractivity contribution in [2.75, 3.05) is 0 Å². The molecule has 2 rings (SSSR count). The minimum atomic E-state index is -0.876. The summed E-state index contributed by atoms with van der Waals surface area (Å²) in [6.07, 6.45) is 0.284. The Hall–Kier alpha value is -1.82. The molecule has 0 atom stereocenters. The standard InChI is InChI=1S/C13H15F2N3O/c1-8(2)16-7-12-17-13(19-18-12)6-9-3-4-10(14)11(15)5-9/h3-5,8,16H,6-7H2,1-2H3. The first-order chi connectivity index (χ1) is 9.04. The fourth-order valence-electron chi connectivity index (χ4n) is 1.55. The Morgan fingerprint density at radius 2 is 2.05 bits per heavy atom. The Morgan fingerprint density at radius 3 is 2.74 bits per heavy atom. The quantitative estimate of drug-likeness (QED) is 0.904. The highest BCUT2D eigenvalue weighted by Crippen LogP contribution is 2.12. The van der Waals surface area contributed by atoms with Crippen molar-refractivity contribution < 1.29 is 13.3 Å². The van der Waals surface area contributed by atoms with Crippen LogP contribution >= 0.6 is 0 Å². The van der Waals surface area contributed by atoms with Crippen LogP contribution in [0.15, 0.2) is 22.7 Å². The maximum absolute atomic E-state index is 13.0. The summed E-state index contributed by atoms with van der Waals surface area (Å²) in [5.41, 5.74) is 0.589. The number of rotatable bonds is 5. The van der Waals surface area contributed by atoms with E-state index in [0.717, 1.165) is 12.1 Å². The molecule has 0 saturated carbocycles. The lowest BCUT2D eigenvalue weighted by atomic mass is 10.1. The Morgan fingerprint density at radius 1 is 1.26 bits per heavy atom. The second-order valence-electron chi connectivity index (χ2n) is 4.57. The monoisotopic (exact) mass is 267 g/mol. The van der Waals surface area contributed by atoms with E-state index < -0.39 is 11.6 Å². The fraction of sp³-hybridized carbons (Fsp3) is 0.385. The molecule has 0 fully saturated rings. The van der Waals surface area contributed by atoms with Gasteiger partial charge in [0, 0.05) is 6.04 Å². The highest BCUT2D eigenvalue weighted by molar-refractivity contribution is 5.20. The molecule has 1 aromatic carbocycles. The molecule has 1 heterocycles. The van der Waals surface area contributed by atoms with E-state index in [1.165, 1.54) is 6.07 Å². The maximum atomic E-state index is 13.0. The molecular formula is C13H15F2N3O. The molecule has 0 spiro atoms. The van der Waals surface area contributed by atoms with Crippen LogP contribution in [0.1, 0.15) is 31.1 Å². The molecule has 1 N–H and O–H groups in total. The van der Waals surface area contributed by atoms with E-state index in [2.05, 4.69) is 15.5 Å². The first-order valence-electron chi connectivity index (χ1n) is 6.03. The van der Waals surface area contributed by atoms with Gasteiger partial charge in [-0.15, -0.1) is 0 Å². The van der Waals surface area contributed by atoms with Gasteiger partial charge in [-0.1, -0.05) is 25.1 Å². The van der Waals surface area contributed by atoms with Crippen LogP contribution in [0.3, 0.4) is 0 Å². The van der Waals surface area contributed by atoms with Gasteiger partial charge in [-0.25, -0.2) is 8.78 Å². The van der Waals surface area contributed by atoms with Crippen molar-refractivity contribution in [1.82, 2.24) is 15.5 Å². The molecule has 0 unspecified atom stereocenters. The Kier molecular flexibility index (Phi) is 4.21. The minimum absolute atomic E-state index is 0.284. The third-order valence-electron chi connectivity index (χ3n) is 2.52. The molecular weight excluding hydrogens is 252 g/mol. The summed E-state index contributed by atoms with van der Waals surface area (Å²) < 4.78 is 30.9. The van der Waals surface area contributed by atoms with E-state index in [0.29, 0.717) is 29.9 Å². The van der Waals surface area contributed by atoms with Crippen molar-refractivity contribution in [1.29, 1.82) is 0 Å². The fourth-order valence-corrected chi connectivity index (χ4v) is 1.55. The van der Waals surface area contributed by atoms with Crippen molar-refractivity contribution in [3.8, 4) is 0 Å². The second kappa shape index (κ2) is 5.88. The number of aromatic nitrogens is 2. The van der Waals surface area contributed by atoms with Crippen LogP contribution in [0.2, 0.25) is 0 Å². The van der Waals surface area contributed by atoms with Gasteiger partial charge in [0.25, 0.3) is 0 Å². The first-order valence-corrected chi connectivity index (χ1v) is 6.03. The highest BCUT2D eigenvalue weighted by atomic mass is 19.2. The van der Waals surface area contributed by atoms with Crippen LogP contribution in [0.4, 0.5) is 8.78 Å². The van der Waals surface area contributed by atoms with Gasteiger partial charge in [0.2, 0.25) is 5.89 Å². The van der Waals surface area contributed by atoms with E-state index in [1.54, 1.807) is 0 Å². The second-order valence-corrected chi connectivity index (χ2v) is 4.57. The zero-order chi connectivity index (χ0) is 13.8. The number of nitrogens with one attached hydrogen (secondary N) is 1. The molecule has 0 amide bonds. The van der Waals surface area contributed by atoms with Crippen LogP contribution in [0.5, 0.6) is 0 Å². The molecule has 102 valence electrons. The van der Waals surface area contributed by atoms with Crippen molar-refractivity contribution >= 4 is 0 Å². The van der Waals surface area contributed by atoms with Crippen molar-refractivity contribution in [3.63, 3.8) is 0 Å². The summed E-state index contributed by atoms with van der Waals surface area (Å²) in [5.74, 6) is -0.812. The van der Waals surface area contributed by atoms with Gasteiger partial charge in [0.15, 0.2) is 17.5 Å². The zero-order valence-corrected chi connectivity index (χ0v) is 10.8. The third-order valence-corrected chi connectivity index (χ3v) is 2.52. The van der Waals surface area contributed by atoms with Crippen LogP contribution in [-0.2, 0) is 13.0 Å². The maximum Gasteiger partial charge on any atom is 0.231 e. The molecule has 0 bridgehead atoms. The topological polar surface area (TPSA) is 51.0 Å². The van der Waals surface area contributed by atoms with Crippen molar-refractivity contribution in [2.45, 2.75) is 32.9 Å². The SMILES string of the molecule is CC(C)NCc1noc(Cc2ccc(F)c(F)c2)n1. The minimum Gasteiger partial charge on any atom is -0.339 e. The van der Waals surface area contributed by atoms with E-state index in [-0.39, 0.29) is 6.42 Å². The van der Waals surface area contributed by atoms with E-state index in [1.807, 2.05) is 13.8 Å². The van der Waals surface area contributed by atoms with Crippen LogP contribution in [0.25, 0.3) is 0 Å². The molecule has 4 nitrogen and oxygen atoms in total. The lowest BCUT2D eigenvalue weighted by Crippen LogP contribution is -2.22. The molecule has 0 aliphatic carbocycles. The summed E-state index contributed by atoms with van der Waals surface area (Å²) in [5, 5.41) is 6.97. The molecule has 19 heavy (non-hydrogen) atoms. The van der Waals surface area contributed by atoms with Gasteiger partial charge < -0.3 is 9.84 Å². The molecule has 0 aliphatic rings. The number of halogens is 2. The van der Waals surface area contributed by atoms with Gasteiger partial charge in [-0.2, -0.15) is 4.98 Å². The summed E-state index contributed by atoms with van der Waals surface area (Å²) in [6.45, 7) is 4.55. The van der Waals surface area contributed by atoms with Crippen LogP contribution < -0.4 is 5.32 Å². The van der Waals surface area contributed by atoms with Crippen LogP contribution in [0, 0.1) is 11.6 Å². The predicted octanol–water partition coefficient (Wildman–Crippen LogP) is 2.44. The average molecular weight is 267 g/mol. The molecule has 0 radical (unpaired) electrons. The van der Waals surface area contributed by atoms with E-state index >= 15 is 0 Å². The van der Waals surface area contributed by atoms with Gasteiger partial charge in [-0.05, 0) is 17.7 Å². The Labute approximate surface area is 109 Å². The van der Waals surface area contributed by atoms with E-state index in [9.17, 15) is 8.78 Å². The van der Waals surface area contributed by atoms with Crippen molar-refractivity contribution in [2.24, 2.45) is 0 Å². The Bertz CT molecular complexity index is 555. The Balaban J connectivity index is 2.01. The van der Waals surface area contributed by atoms with Crippen LogP contribution in [-0.4, -0.2) is 16.2 Å². The first kappa shape index (κ1) is 13.6.